The highest BCUT2D eigenvalue weighted by molar-refractivity contribution is 5.32. The molecule has 3 heterocycles. The summed E-state index contributed by atoms with van der Waals surface area (Å²) < 4.78 is 16.0. The number of halogens is 1. The van der Waals surface area contributed by atoms with Gasteiger partial charge in [0.2, 0.25) is 0 Å². The van der Waals surface area contributed by atoms with Crippen molar-refractivity contribution in [1.82, 2.24) is 19.4 Å². The number of piperidine rings is 1. The first-order valence-electron chi connectivity index (χ1n) is 10.9. The molecule has 0 unspecified atom stereocenters. The highest BCUT2D eigenvalue weighted by Gasteiger charge is 2.21. The number of nitrogens with zero attached hydrogens (tertiary/aromatic N) is 4. The van der Waals surface area contributed by atoms with E-state index in [1.807, 2.05) is 30.6 Å². The molecule has 0 spiro atoms. The Kier molecular flexibility index (Phi) is 6.92. The molecule has 0 N–H and O–H groups in total. The van der Waals surface area contributed by atoms with E-state index in [0.717, 1.165) is 56.3 Å². The van der Waals surface area contributed by atoms with Crippen molar-refractivity contribution in [2.75, 3.05) is 33.2 Å². The molecule has 1 saturated heterocycles. The summed E-state index contributed by atoms with van der Waals surface area (Å²) in [4.78, 5) is 9.16. The topological polar surface area (TPSA) is 24.3 Å². The maximum atomic E-state index is 13.8. The minimum Gasteiger partial charge on any atom is -0.318 e. The van der Waals surface area contributed by atoms with Gasteiger partial charge in [-0.25, -0.2) is 4.39 Å². The summed E-state index contributed by atoms with van der Waals surface area (Å²) in [5.41, 5.74) is 3.22. The molecule has 3 aromatic rings. The van der Waals surface area contributed by atoms with Crippen LogP contribution in [0.1, 0.15) is 24.1 Å². The van der Waals surface area contributed by atoms with Crippen molar-refractivity contribution in [2.24, 2.45) is 5.92 Å². The summed E-state index contributed by atoms with van der Waals surface area (Å²) in [6, 6.07) is 15.5. The second-order valence-electron chi connectivity index (χ2n) is 8.40. The Labute approximate surface area is 179 Å². The zero-order valence-corrected chi connectivity index (χ0v) is 17.8. The molecule has 1 aromatic carbocycles. The van der Waals surface area contributed by atoms with Crippen molar-refractivity contribution in [1.29, 1.82) is 0 Å². The number of pyridine rings is 1. The van der Waals surface area contributed by atoms with Crippen molar-refractivity contribution < 1.29 is 4.39 Å². The van der Waals surface area contributed by atoms with Gasteiger partial charge in [0.25, 0.3) is 0 Å². The monoisotopic (exact) mass is 406 g/mol. The fourth-order valence-corrected chi connectivity index (χ4v) is 4.45. The smallest absolute Gasteiger partial charge is 0.126 e. The van der Waals surface area contributed by atoms with Gasteiger partial charge in [0.05, 0.1) is 11.9 Å². The Hall–Kier alpha value is -2.50. The summed E-state index contributed by atoms with van der Waals surface area (Å²) in [6.45, 7) is 5.20. The van der Waals surface area contributed by atoms with E-state index in [-0.39, 0.29) is 5.82 Å². The van der Waals surface area contributed by atoms with Crippen LogP contribution < -0.4 is 0 Å². The molecule has 2 aromatic heterocycles. The largest absolute Gasteiger partial charge is 0.318 e. The Bertz CT molecular complexity index is 916. The molecule has 0 bridgehead atoms. The summed E-state index contributed by atoms with van der Waals surface area (Å²) in [7, 11) is 2.21. The summed E-state index contributed by atoms with van der Waals surface area (Å²) >= 11 is 0. The van der Waals surface area contributed by atoms with E-state index in [0.29, 0.717) is 0 Å². The number of rotatable bonds is 8. The highest BCUT2D eigenvalue weighted by Crippen LogP contribution is 2.20. The highest BCUT2D eigenvalue weighted by atomic mass is 19.1. The first kappa shape index (κ1) is 20.8. The molecule has 30 heavy (non-hydrogen) atoms. The van der Waals surface area contributed by atoms with E-state index in [1.54, 1.807) is 12.1 Å². The lowest BCUT2D eigenvalue weighted by Crippen LogP contribution is -2.38. The molecule has 1 aliphatic heterocycles. The van der Waals surface area contributed by atoms with Gasteiger partial charge in [0.1, 0.15) is 5.82 Å². The second kappa shape index (κ2) is 10.0. The van der Waals surface area contributed by atoms with Gasteiger partial charge in [-0.2, -0.15) is 0 Å². The molecular formula is C25H31FN4. The standard InChI is InChI=1S/C25H31FN4/c1-28(20-24-8-5-14-30(24)23-7-4-13-27-18-23)19-21-10-15-29(16-11-21)17-12-22-6-2-3-9-25(22)26/h2-9,13-14,18,21H,10-12,15-17,19-20H2,1H3. The molecule has 1 fully saturated rings. The molecule has 5 heteroatoms. The van der Waals surface area contributed by atoms with Crippen molar-refractivity contribution in [3.63, 3.8) is 0 Å². The Morgan fingerprint density at radius 2 is 1.90 bits per heavy atom. The van der Waals surface area contributed by atoms with Crippen molar-refractivity contribution in [3.8, 4) is 5.69 Å². The van der Waals surface area contributed by atoms with E-state index >= 15 is 0 Å². The molecule has 4 rings (SSSR count). The maximum Gasteiger partial charge on any atom is 0.126 e. The van der Waals surface area contributed by atoms with Crippen LogP contribution in [0.5, 0.6) is 0 Å². The zero-order valence-electron chi connectivity index (χ0n) is 17.8. The molecule has 158 valence electrons. The van der Waals surface area contributed by atoms with E-state index in [4.69, 9.17) is 0 Å². The molecule has 0 atom stereocenters. The third-order valence-electron chi connectivity index (χ3n) is 6.12. The average molecular weight is 407 g/mol. The molecule has 4 nitrogen and oxygen atoms in total. The quantitative estimate of drug-likeness (QED) is 0.554. The number of hydrogen-bond acceptors (Lipinski definition) is 3. The van der Waals surface area contributed by atoms with Gasteiger partial charge < -0.3 is 14.4 Å². The van der Waals surface area contributed by atoms with Gasteiger partial charge in [-0.05, 0) is 81.2 Å². The SMILES string of the molecule is CN(Cc1cccn1-c1cccnc1)CC1CCN(CCc2ccccc2F)CC1. The third kappa shape index (κ3) is 5.35. The second-order valence-corrected chi connectivity index (χ2v) is 8.40. The molecular weight excluding hydrogens is 375 g/mol. The van der Waals surface area contributed by atoms with Crippen molar-refractivity contribution in [2.45, 2.75) is 25.8 Å². The summed E-state index contributed by atoms with van der Waals surface area (Å²) in [5, 5.41) is 0. The Morgan fingerprint density at radius 1 is 1.07 bits per heavy atom. The fourth-order valence-electron chi connectivity index (χ4n) is 4.45. The van der Waals surface area contributed by atoms with E-state index in [1.165, 1.54) is 18.5 Å². The van der Waals surface area contributed by atoms with Crippen LogP contribution in [-0.4, -0.2) is 52.6 Å². The first-order valence-corrected chi connectivity index (χ1v) is 10.9. The van der Waals surface area contributed by atoms with E-state index < -0.39 is 0 Å². The van der Waals surface area contributed by atoms with Gasteiger partial charge in [-0.3, -0.25) is 4.98 Å². The van der Waals surface area contributed by atoms with Gasteiger partial charge >= 0.3 is 0 Å². The number of aromatic nitrogens is 2. The van der Waals surface area contributed by atoms with Gasteiger partial charge in [-0.1, -0.05) is 18.2 Å². The van der Waals surface area contributed by atoms with E-state index in [9.17, 15) is 4.39 Å². The van der Waals surface area contributed by atoms with Crippen LogP contribution in [0.4, 0.5) is 4.39 Å². The van der Waals surface area contributed by atoms with Gasteiger partial charge in [0, 0.05) is 37.7 Å². The predicted octanol–water partition coefficient (Wildman–Crippen LogP) is 4.40. The summed E-state index contributed by atoms with van der Waals surface area (Å²) in [6.07, 6.45) is 9.04. The lowest BCUT2D eigenvalue weighted by atomic mass is 9.96. The van der Waals surface area contributed by atoms with Crippen LogP contribution >= 0.6 is 0 Å². The normalized spacial score (nSPS) is 15.7. The fraction of sp³-hybridized carbons (Fsp3) is 0.400. The summed E-state index contributed by atoms with van der Waals surface area (Å²) in [5.74, 6) is 0.645. The van der Waals surface area contributed by atoms with Crippen LogP contribution in [0.15, 0.2) is 67.1 Å². The number of likely N-dealkylation sites (tertiary alicyclic amines) is 1. The average Bonchev–Trinajstić information content (AvgIpc) is 3.23. The molecule has 0 saturated carbocycles. The zero-order chi connectivity index (χ0) is 20.8. The third-order valence-corrected chi connectivity index (χ3v) is 6.12. The lowest BCUT2D eigenvalue weighted by molar-refractivity contribution is 0.152. The minimum atomic E-state index is -0.0787. The number of hydrogen-bond donors (Lipinski definition) is 0. The van der Waals surface area contributed by atoms with Crippen LogP contribution in [-0.2, 0) is 13.0 Å². The Morgan fingerprint density at radius 3 is 2.67 bits per heavy atom. The maximum absolute atomic E-state index is 13.8. The molecule has 1 aliphatic rings. The molecule has 0 radical (unpaired) electrons. The van der Waals surface area contributed by atoms with Crippen LogP contribution in [0.25, 0.3) is 5.69 Å². The van der Waals surface area contributed by atoms with Crippen LogP contribution in [0.3, 0.4) is 0 Å². The van der Waals surface area contributed by atoms with Crippen molar-refractivity contribution in [3.05, 3.63) is 84.2 Å². The molecule has 0 aliphatic carbocycles. The van der Waals surface area contributed by atoms with E-state index in [2.05, 4.69) is 50.8 Å². The predicted molar refractivity (Wildman–Crippen MR) is 119 cm³/mol. The number of benzene rings is 1. The minimum absolute atomic E-state index is 0.0787. The van der Waals surface area contributed by atoms with Crippen LogP contribution in [0, 0.1) is 11.7 Å². The van der Waals surface area contributed by atoms with Gasteiger partial charge in [0.15, 0.2) is 0 Å². The van der Waals surface area contributed by atoms with Crippen LogP contribution in [0.2, 0.25) is 0 Å². The van der Waals surface area contributed by atoms with Crippen molar-refractivity contribution >= 4 is 0 Å². The van der Waals surface area contributed by atoms with Gasteiger partial charge in [-0.15, -0.1) is 0 Å². The first-order chi connectivity index (χ1) is 14.7. The molecule has 0 amide bonds. The Balaban J connectivity index is 1.23. The lowest BCUT2D eigenvalue weighted by Gasteiger charge is -2.34.